The lowest BCUT2D eigenvalue weighted by atomic mass is 10.5. The van der Waals surface area contributed by atoms with E-state index in [2.05, 4.69) is 48.1 Å². The van der Waals surface area contributed by atoms with E-state index >= 15 is 0 Å². The molecule has 0 aliphatic heterocycles. The van der Waals surface area contributed by atoms with E-state index in [1.54, 1.807) is 0 Å². The Kier molecular flexibility index (Phi) is 6.09. The third kappa shape index (κ3) is 3.00. The van der Waals surface area contributed by atoms with Gasteiger partial charge in [0.1, 0.15) is 0 Å². The summed E-state index contributed by atoms with van der Waals surface area (Å²) in [5, 5.41) is 0. The van der Waals surface area contributed by atoms with Gasteiger partial charge >= 0.3 is 0 Å². The van der Waals surface area contributed by atoms with Crippen molar-refractivity contribution in [2.45, 2.75) is 65.1 Å². The standard InChI is InChI=1S/C14H28OSi/c1-9-14(10-2)15-16(11(3)4,12(5)6)13(7)8/h9-13H,1H2,2-8H3/b14-10-. The van der Waals surface area contributed by atoms with Crippen LogP contribution in [0.15, 0.2) is 24.5 Å². The van der Waals surface area contributed by atoms with Crippen molar-refractivity contribution in [3.63, 3.8) is 0 Å². The molecule has 0 aromatic heterocycles. The topological polar surface area (TPSA) is 9.23 Å². The van der Waals surface area contributed by atoms with Crippen molar-refractivity contribution < 1.29 is 4.43 Å². The molecular weight excluding hydrogens is 212 g/mol. The smallest absolute Gasteiger partial charge is 0.258 e. The normalized spacial score (nSPS) is 13.8. The van der Waals surface area contributed by atoms with Gasteiger partial charge in [0, 0.05) is 0 Å². The average molecular weight is 240 g/mol. The van der Waals surface area contributed by atoms with Gasteiger partial charge in [-0.15, -0.1) is 0 Å². The van der Waals surface area contributed by atoms with Crippen LogP contribution < -0.4 is 0 Å². The summed E-state index contributed by atoms with van der Waals surface area (Å²) in [4.78, 5) is 0. The fourth-order valence-corrected chi connectivity index (χ4v) is 8.09. The lowest BCUT2D eigenvalue weighted by molar-refractivity contribution is 0.386. The van der Waals surface area contributed by atoms with Crippen molar-refractivity contribution in [1.29, 1.82) is 0 Å². The van der Waals surface area contributed by atoms with Crippen LogP contribution in [0.4, 0.5) is 0 Å². The van der Waals surface area contributed by atoms with E-state index in [4.69, 9.17) is 4.43 Å². The van der Waals surface area contributed by atoms with Crippen LogP contribution in [-0.4, -0.2) is 8.32 Å². The Bertz CT molecular complexity index is 230. The summed E-state index contributed by atoms with van der Waals surface area (Å²) >= 11 is 0. The molecule has 0 N–H and O–H groups in total. The quantitative estimate of drug-likeness (QED) is 0.349. The summed E-state index contributed by atoms with van der Waals surface area (Å²) in [5.74, 6) is 0.947. The van der Waals surface area contributed by atoms with E-state index in [0.717, 1.165) is 5.76 Å². The highest BCUT2D eigenvalue weighted by molar-refractivity contribution is 6.77. The molecule has 2 heteroatoms. The van der Waals surface area contributed by atoms with E-state index < -0.39 is 8.32 Å². The van der Waals surface area contributed by atoms with Gasteiger partial charge in [-0.2, -0.15) is 0 Å². The SMILES string of the molecule is C=C/C(=C/C)O[Si](C(C)C)(C(C)C)C(C)C. The molecule has 0 heterocycles. The molecule has 0 spiro atoms. The maximum Gasteiger partial charge on any atom is 0.258 e. The zero-order valence-corrected chi connectivity index (χ0v) is 13.0. The number of hydrogen-bond donors (Lipinski definition) is 0. The van der Waals surface area contributed by atoms with Crippen LogP contribution in [0.2, 0.25) is 16.6 Å². The molecule has 0 aliphatic carbocycles. The second kappa shape index (κ2) is 6.29. The van der Waals surface area contributed by atoms with E-state index in [-0.39, 0.29) is 0 Å². The van der Waals surface area contributed by atoms with Crippen LogP contribution in [0.25, 0.3) is 0 Å². The van der Waals surface area contributed by atoms with Gasteiger partial charge in [-0.05, 0) is 35.7 Å². The summed E-state index contributed by atoms with van der Waals surface area (Å²) < 4.78 is 6.40. The van der Waals surface area contributed by atoms with Crippen molar-refractivity contribution in [2.75, 3.05) is 0 Å². The highest BCUT2D eigenvalue weighted by atomic mass is 28.4. The van der Waals surface area contributed by atoms with Crippen LogP contribution >= 0.6 is 0 Å². The molecule has 0 aromatic rings. The van der Waals surface area contributed by atoms with E-state index in [0.29, 0.717) is 16.6 Å². The monoisotopic (exact) mass is 240 g/mol. The molecule has 0 amide bonds. The molecule has 1 nitrogen and oxygen atoms in total. The van der Waals surface area contributed by atoms with Gasteiger partial charge < -0.3 is 4.43 Å². The molecule has 0 unspecified atom stereocenters. The largest absolute Gasteiger partial charge is 0.543 e. The van der Waals surface area contributed by atoms with Crippen LogP contribution in [0.5, 0.6) is 0 Å². The zero-order chi connectivity index (χ0) is 12.9. The van der Waals surface area contributed by atoms with Crippen molar-refractivity contribution in [2.24, 2.45) is 0 Å². The molecule has 0 bridgehead atoms. The first-order valence-corrected chi connectivity index (χ1v) is 8.44. The second-order valence-corrected chi connectivity index (χ2v) is 10.7. The molecule has 0 radical (unpaired) electrons. The van der Waals surface area contributed by atoms with Crippen LogP contribution in [-0.2, 0) is 4.43 Å². The molecule has 0 aromatic carbocycles. The molecule has 16 heavy (non-hydrogen) atoms. The minimum Gasteiger partial charge on any atom is -0.543 e. The Hall–Kier alpha value is -0.503. The first-order valence-electron chi connectivity index (χ1n) is 6.30. The molecule has 0 fully saturated rings. The fraction of sp³-hybridized carbons (Fsp3) is 0.714. The predicted octanol–water partition coefficient (Wildman–Crippen LogP) is 5.27. The average Bonchev–Trinajstić information content (AvgIpc) is 2.18. The Balaban J connectivity index is 5.28. The highest BCUT2D eigenvalue weighted by Gasteiger charge is 2.46. The highest BCUT2D eigenvalue weighted by Crippen LogP contribution is 2.43. The van der Waals surface area contributed by atoms with Crippen LogP contribution in [0.1, 0.15) is 48.5 Å². The lowest BCUT2D eigenvalue weighted by Gasteiger charge is -2.42. The van der Waals surface area contributed by atoms with E-state index in [1.807, 2.05) is 19.1 Å². The zero-order valence-electron chi connectivity index (χ0n) is 12.0. The molecule has 0 aliphatic rings. The summed E-state index contributed by atoms with van der Waals surface area (Å²) in [6, 6.07) is 0. The van der Waals surface area contributed by atoms with Gasteiger partial charge in [-0.25, -0.2) is 0 Å². The van der Waals surface area contributed by atoms with Gasteiger partial charge in [0.25, 0.3) is 8.32 Å². The second-order valence-electron chi connectivity index (χ2n) is 5.31. The number of allylic oxidation sites excluding steroid dienone is 2. The minimum absolute atomic E-state index is 0.613. The summed E-state index contributed by atoms with van der Waals surface area (Å²) in [7, 11) is -1.77. The maximum absolute atomic E-state index is 6.40. The third-order valence-corrected chi connectivity index (χ3v) is 9.49. The third-order valence-electron chi connectivity index (χ3n) is 3.49. The Labute approximate surface area is 103 Å². The van der Waals surface area contributed by atoms with E-state index in [9.17, 15) is 0 Å². The molecule has 94 valence electrons. The Morgan fingerprint density at radius 2 is 1.38 bits per heavy atom. The lowest BCUT2D eigenvalue weighted by Crippen LogP contribution is -2.47. The van der Waals surface area contributed by atoms with Crippen molar-refractivity contribution in [3.8, 4) is 0 Å². The van der Waals surface area contributed by atoms with Gasteiger partial charge in [0.2, 0.25) is 0 Å². The first kappa shape index (κ1) is 15.5. The summed E-state index contributed by atoms with van der Waals surface area (Å²) in [6.45, 7) is 19.6. The number of hydrogen-bond acceptors (Lipinski definition) is 1. The van der Waals surface area contributed by atoms with Crippen LogP contribution in [0, 0.1) is 0 Å². The molecular formula is C14H28OSi. The summed E-state index contributed by atoms with van der Waals surface area (Å²) in [5.41, 5.74) is 1.84. The molecule has 0 saturated heterocycles. The fourth-order valence-electron chi connectivity index (χ4n) is 2.78. The predicted molar refractivity (Wildman–Crippen MR) is 76.1 cm³/mol. The molecule has 0 rings (SSSR count). The Morgan fingerprint density at radius 3 is 1.56 bits per heavy atom. The Morgan fingerprint density at radius 1 is 1.00 bits per heavy atom. The van der Waals surface area contributed by atoms with Crippen LogP contribution in [0.3, 0.4) is 0 Å². The van der Waals surface area contributed by atoms with Crippen molar-refractivity contribution in [3.05, 3.63) is 24.5 Å². The minimum atomic E-state index is -1.77. The van der Waals surface area contributed by atoms with Gasteiger partial charge in [-0.1, -0.05) is 48.1 Å². The van der Waals surface area contributed by atoms with Gasteiger partial charge in [0.15, 0.2) is 0 Å². The molecule has 0 atom stereocenters. The van der Waals surface area contributed by atoms with Gasteiger partial charge in [-0.3, -0.25) is 0 Å². The van der Waals surface area contributed by atoms with Gasteiger partial charge in [0.05, 0.1) is 5.76 Å². The molecule has 0 saturated carbocycles. The number of rotatable bonds is 6. The first-order chi connectivity index (χ1) is 7.32. The van der Waals surface area contributed by atoms with Crippen molar-refractivity contribution >= 4 is 8.32 Å². The van der Waals surface area contributed by atoms with E-state index in [1.165, 1.54) is 0 Å². The van der Waals surface area contributed by atoms with Crippen molar-refractivity contribution in [1.82, 2.24) is 0 Å². The summed E-state index contributed by atoms with van der Waals surface area (Å²) in [6.07, 6.45) is 3.84. The maximum atomic E-state index is 6.40.